The van der Waals surface area contributed by atoms with Crippen molar-refractivity contribution >= 4 is 11.6 Å². The van der Waals surface area contributed by atoms with Gasteiger partial charge in [0, 0.05) is 12.7 Å². The first-order valence-electron chi connectivity index (χ1n) is 8.68. The number of anilines is 1. The Morgan fingerprint density at radius 2 is 1.96 bits per heavy atom. The number of oxazole rings is 1. The van der Waals surface area contributed by atoms with E-state index in [1.807, 2.05) is 55.5 Å². The van der Waals surface area contributed by atoms with Gasteiger partial charge in [-0.25, -0.2) is 4.98 Å². The minimum atomic E-state index is -0.191. The summed E-state index contributed by atoms with van der Waals surface area (Å²) in [4.78, 5) is 16.8. The van der Waals surface area contributed by atoms with Gasteiger partial charge in [0.1, 0.15) is 18.6 Å². The molecule has 27 heavy (non-hydrogen) atoms. The first-order valence-corrected chi connectivity index (χ1v) is 8.68. The molecule has 0 fully saturated rings. The highest BCUT2D eigenvalue weighted by Gasteiger charge is 2.13. The molecular weight excluding hydrogens is 344 g/mol. The van der Waals surface area contributed by atoms with Gasteiger partial charge in [0.15, 0.2) is 0 Å². The van der Waals surface area contributed by atoms with Gasteiger partial charge < -0.3 is 19.2 Å². The van der Waals surface area contributed by atoms with E-state index in [1.165, 1.54) is 6.26 Å². The molecule has 0 spiro atoms. The first kappa shape index (κ1) is 18.7. The summed E-state index contributed by atoms with van der Waals surface area (Å²) >= 11 is 0. The number of amides is 1. The zero-order chi connectivity index (χ0) is 19.1. The summed E-state index contributed by atoms with van der Waals surface area (Å²) in [7, 11) is 1.61. The third-order valence-electron chi connectivity index (χ3n) is 3.87. The van der Waals surface area contributed by atoms with Crippen molar-refractivity contribution < 1.29 is 18.7 Å². The van der Waals surface area contributed by atoms with Gasteiger partial charge in [-0.1, -0.05) is 24.3 Å². The zero-order valence-electron chi connectivity index (χ0n) is 15.4. The van der Waals surface area contributed by atoms with Crippen molar-refractivity contribution in [2.45, 2.75) is 13.3 Å². The number of rotatable bonds is 8. The van der Waals surface area contributed by atoms with Crippen molar-refractivity contribution in [3.8, 4) is 17.2 Å². The molecule has 3 aromatic rings. The minimum Gasteiger partial charge on any atom is -0.489 e. The van der Waals surface area contributed by atoms with E-state index >= 15 is 0 Å². The normalized spacial score (nSPS) is 10.6. The second kappa shape index (κ2) is 9.00. The van der Waals surface area contributed by atoms with Crippen molar-refractivity contribution in [3.63, 3.8) is 0 Å². The highest BCUT2D eigenvalue weighted by molar-refractivity contribution is 5.93. The van der Waals surface area contributed by atoms with E-state index in [9.17, 15) is 4.79 Å². The molecule has 0 radical (unpaired) electrons. The van der Waals surface area contributed by atoms with Gasteiger partial charge in [-0.2, -0.15) is 0 Å². The van der Waals surface area contributed by atoms with Crippen molar-refractivity contribution in [1.82, 2.24) is 4.98 Å². The fraction of sp³-hybridized carbons (Fsp3) is 0.238. The number of ether oxygens (including phenoxy) is 2. The molecule has 140 valence electrons. The summed E-state index contributed by atoms with van der Waals surface area (Å²) < 4.78 is 16.2. The number of methoxy groups -OCH3 is 1. The molecule has 3 rings (SSSR count). The van der Waals surface area contributed by atoms with Crippen LogP contribution < -0.4 is 10.1 Å². The van der Waals surface area contributed by atoms with Gasteiger partial charge in [0.2, 0.25) is 11.8 Å². The van der Waals surface area contributed by atoms with E-state index in [0.29, 0.717) is 36.2 Å². The van der Waals surface area contributed by atoms with Crippen LogP contribution in [0.5, 0.6) is 5.75 Å². The van der Waals surface area contributed by atoms with Gasteiger partial charge in [-0.3, -0.25) is 4.79 Å². The van der Waals surface area contributed by atoms with E-state index in [0.717, 1.165) is 11.1 Å². The van der Waals surface area contributed by atoms with Crippen LogP contribution in [-0.2, 0) is 16.0 Å². The molecule has 1 N–H and O–H groups in total. The largest absolute Gasteiger partial charge is 0.489 e. The number of carbonyl (C=O) groups is 1. The van der Waals surface area contributed by atoms with Crippen molar-refractivity contribution in [1.29, 1.82) is 0 Å². The Bertz CT molecular complexity index is 890. The number of nitrogens with one attached hydrogen (secondary N) is 1. The molecule has 0 aliphatic carbocycles. The smallest absolute Gasteiger partial charge is 0.230 e. The molecule has 6 nitrogen and oxygen atoms in total. The Balaban J connectivity index is 1.65. The topological polar surface area (TPSA) is 73.6 Å². The molecule has 0 saturated heterocycles. The van der Waals surface area contributed by atoms with Gasteiger partial charge in [0.25, 0.3) is 0 Å². The summed E-state index contributed by atoms with van der Waals surface area (Å²) in [6.07, 6.45) is 1.62. The molecule has 2 aromatic carbocycles. The zero-order valence-corrected chi connectivity index (χ0v) is 15.4. The summed E-state index contributed by atoms with van der Waals surface area (Å²) in [5, 5.41) is 2.88. The Morgan fingerprint density at radius 3 is 2.74 bits per heavy atom. The maximum absolute atomic E-state index is 12.4. The van der Waals surface area contributed by atoms with Crippen molar-refractivity contribution in [2.75, 3.05) is 25.6 Å². The second-order valence-electron chi connectivity index (χ2n) is 6.08. The number of hydrogen-bond donors (Lipinski definition) is 1. The number of nitrogens with zero attached hydrogens (tertiary/aromatic N) is 1. The maximum Gasteiger partial charge on any atom is 0.230 e. The van der Waals surface area contributed by atoms with Crippen LogP contribution in [0.3, 0.4) is 0 Å². The SMILES string of the molecule is COCCOc1cc(C)ccc1NC(=O)Cc1coc(-c2ccccc2)n1. The van der Waals surface area contributed by atoms with Gasteiger partial charge >= 0.3 is 0 Å². The monoisotopic (exact) mass is 366 g/mol. The lowest BCUT2D eigenvalue weighted by Crippen LogP contribution is -2.16. The minimum absolute atomic E-state index is 0.113. The molecule has 0 aliphatic heterocycles. The van der Waals surface area contributed by atoms with Gasteiger partial charge in [0.05, 0.1) is 24.4 Å². The average molecular weight is 366 g/mol. The first-order chi connectivity index (χ1) is 13.2. The van der Waals surface area contributed by atoms with Crippen LogP contribution in [0, 0.1) is 6.92 Å². The highest BCUT2D eigenvalue weighted by Crippen LogP contribution is 2.26. The molecule has 0 aliphatic rings. The summed E-state index contributed by atoms with van der Waals surface area (Å²) in [6.45, 7) is 2.85. The standard InChI is InChI=1S/C21H22N2O4/c1-15-8-9-18(19(12-15)26-11-10-25-2)23-20(24)13-17-14-27-21(22-17)16-6-4-3-5-7-16/h3-9,12,14H,10-11,13H2,1-2H3,(H,23,24). The molecule has 0 bridgehead atoms. The number of benzene rings is 2. The lowest BCUT2D eigenvalue weighted by molar-refractivity contribution is -0.115. The summed E-state index contributed by atoms with van der Waals surface area (Å²) in [5.74, 6) is 0.922. The van der Waals surface area contributed by atoms with E-state index in [-0.39, 0.29) is 12.3 Å². The van der Waals surface area contributed by atoms with Gasteiger partial charge in [-0.05, 0) is 36.8 Å². The van der Waals surface area contributed by atoms with E-state index in [1.54, 1.807) is 7.11 Å². The summed E-state index contributed by atoms with van der Waals surface area (Å²) in [6, 6.07) is 15.2. The molecule has 1 amide bonds. The number of hydrogen-bond acceptors (Lipinski definition) is 5. The molecule has 0 unspecified atom stereocenters. The summed E-state index contributed by atoms with van der Waals surface area (Å²) in [5.41, 5.74) is 3.11. The predicted octanol–water partition coefficient (Wildman–Crippen LogP) is 3.86. The number of carbonyl (C=O) groups excluding carboxylic acids is 1. The van der Waals surface area contributed by atoms with E-state index in [4.69, 9.17) is 13.9 Å². The van der Waals surface area contributed by atoms with E-state index in [2.05, 4.69) is 10.3 Å². The predicted molar refractivity (Wildman–Crippen MR) is 103 cm³/mol. The van der Waals surface area contributed by atoms with Crippen LogP contribution in [0.25, 0.3) is 11.5 Å². The Kier molecular flexibility index (Phi) is 6.22. The molecule has 0 atom stereocenters. The van der Waals surface area contributed by atoms with E-state index < -0.39 is 0 Å². The Hall–Kier alpha value is -3.12. The number of aromatic nitrogens is 1. The van der Waals surface area contributed by atoms with Crippen molar-refractivity contribution in [2.24, 2.45) is 0 Å². The number of aryl methyl sites for hydroxylation is 1. The second-order valence-corrected chi connectivity index (χ2v) is 6.08. The Morgan fingerprint density at radius 1 is 1.15 bits per heavy atom. The van der Waals surface area contributed by atoms with Crippen LogP contribution >= 0.6 is 0 Å². The van der Waals surface area contributed by atoms with Gasteiger partial charge in [-0.15, -0.1) is 0 Å². The molecular formula is C21H22N2O4. The van der Waals surface area contributed by atoms with Crippen LogP contribution in [-0.4, -0.2) is 31.2 Å². The Labute approximate surface area is 158 Å². The van der Waals surface area contributed by atoms with Crippen molar-refractivity contribution in [3.05, 3.63) is 66.1 Å². The quantitative estimate of drug-likeness (QED) is 0.613. The van der Waals surface area contributed by atoms with Crippen LogP contribution in [0.4, 0.5) is 5.69 Å². The molecule has 6 heteroatoms. The molecule has 1 aromatic heterocycles. The fourth-order valence-corrected chi connectivity index (χ4v) is 2.55. The third kappa shape index (κ3) is 5.18. The lowest BCUT2D eigenvalue weighted by atomic mass is 10.2. The third-order valence-corrected chi connectivity index (χ3v) is 3.87. The van der Waals surface area contributed by atoms with Crippen LogP contribution in [0.1, 0.15) is 11.3 Å². The maximum atomic E-state index is 12.4. The lowest BCUT2D eigenvalue weighted by Gasteiger charge is -2.13. The van der Waals surface area contributed by atoms with Crippen LogP contribution in [0.15, 0.2) is 59.2 Å². The fourth-order valence-electron chi connectivity index (χ4n) is 2.55. The highest BCUT2D eigenvalue weighted by atomic mass is 16.5. The average Bonchev–Trinajstić information content (AvgIpc) is 3.13. The molecule has 0 saturated carbocycles. The molecule has 1 heterocycles. The van der Waals surface area contributed by atoms with Crippen LogP contribution in [0.2, 0.25) is 0 Å².